The lowest BCUT2D eigenvalue weighted by Gasteiger charge is -2.15. The molecular formula is C11H17N3O4. The Morgan fingerprint density at radius 1 is 1.50 bits per heavy atom. The zero-order valence-electron chi connectivity index (χ0n) is 10.6. The van der Waals surface area contributed by atoms with Crippen LogP contribution in [-0.4, -0.2) is 54.5 Å². The molecule has 18 heavy (non-hydrogen) atoms. The molecule has 1 rings (SSSR count). The number of anilines is 1. The number of carboxylic acids is 1. The van der Waals surface area contributed by atoms with Crippen LogP contribution in [0.25, 0.3) is 0 Å². The summed E-state index contributed by atoms with van der Waals surface area (Å²) in [5.74, 6) is -0.811. The highest BCUT2D eigenvalue weighted by Crippen LogP contribution is 2.05. The van der Waals surface area contributed by atoms with Crippen molar-refractivity contribution in [3.8, 4) is 0 Å². The van der Waals surface area contributed by atoms with Gasteiger partial charge in [-0.1, -0.05) is 0 Å². The maximum atomic E-state index is 10.8. The average molecular weight is 255 g/mol. The van der Waals surface area contributed by atoms with E-state index in [2.05, 4.69) is 15.3 Å². The second-order valence-electron chi connectivity index (χ2n) is 3.72. The van der Waals surface area contributed by atoms with Gasteiger partial charge in [-0.2, -0.15) is 0 Å². The number of aromatic carboxylic acids is 1. The summed E-state index contributed by atoms with van der Waals surface area (Å²) in [7, 11) is 3.16. The molecule has 0 aromatic carbocycles. The van der Waals surface area contributed by atoms with Crippen LogP contribution in [0.3, 0.4) is 0 Å². The molecule has 0 aliphatic carbocycles. The number of hydrogen-bond acceptors (Lipinski definition) is 6. The van der Waals surface area contributed by atoms with E-state index < -0.39 is 5.97 Å². The smallest absolute Gasteiger partial charge is 0.354 e. The highest BCUT2D eigenvalue weighted by atomic mass is 16.5. The van der Waals surface area contributed by atoms with E-state index in [1.165, 1.54) is 6.07 Å². The topological polar surface area (TPSA) is 93.6 Å². The fourth-order valence-corrected chi connectivity index (χ4v) is 1.36. The summed E-state index contributed by atoms with van der Waals surface area (Å²) in [5.41, 5.74) is 0.552. The van der Waals surface area contributed by atoms with E-state index in [0.717, 1.165) is 0 Å². The predicted octanol–water partition coefficient (Wildman–Crippen LogP) is 0.557. The minimum absolute atomic E-state index is 0.0364. The minimum atomic E-state index is -1.08. The third-order valence-electron chi connectivity index (χ3n) is 2.25. The molecule has 0 aliphatic heterocycles. The molecule has 0 radical (unpaired) electrons. The van der Waals surface area contributed by atoms with E-state index in [0.29, 0.717) is 18.8 Å². The summed E-state index contributed by atoms with van der Waals surface area (Å²) in [6, 6.07) is 1.41. The molecule has 1 aromatic rings. The Morgan fingerprint density at radius 2 is 2.22 bits per heavy atom. The molecule has 0 saturated carbocycles. The largest absolute Gasteiger partial charge is 0.477 e. The third-order valence-corrected chi connectivity index (χ3v) is 2.25. The number of carboxylic acid groups (broad SMARTS) is 1. The van der Waals surface area contributed by atoms with Crippen LogP contribution in [-0.2, 0) is 9.47 Å². The Labute approximate surface area is 105 Å². The second kappa shape index (κ2) is 6.87. The van der Waals surface area contributed by atoms with E-state index in [1.807, 2.05) is 0 Å². The molecule has 2 N–H and O–H groups in total. The van der Waals surface area contributed by atoms with Crippen LogP contribution >= 0.6 is 0 Å². The molecule has 0 saturated heterocycles. The van der Waals surface area contributed by atoms with Crippen molar-refractivity contribution in [2.45, 2.75) is 13.0 Å². The van der Waals surface area contributed by atoms with Crippen LogP contribution in [0.2, 0.25) is 0 Å². The molecular weight excluding hydrogens is 238 g/mol. The van der Waals surface area contributed by atoms with Gasteiger partial charge in [-0.3, -0.25) is 0 Å². The lowest BCUT2D eigenvalue weighted by molar-refractivity contribution is 0.0364. The summed E-state index contributed by atoms with van der Waals surface area (Å²) < 4.78 is 10.1. The number of hydrogen-bond donors (Lipinski definition) is 2. The monoisotopic (exact) mass is 255 g/mol. The molecule has 100 valence electrons. The normalized spacial score (nSPS) is 12.2. The van der Waals surface area contributed by atoms with Gasteiger partial charge < -0.3 is 19.9 Å². The van der Waals surface area contributed by atoms with E-state index in [9.17, 15) is 4.79 Å². The van der Waals surface area contributed by atoms with Crippen molar-refractivity contribution < 1.29 is 19.4 Å². The molecule has 0 aliphatic rings. The molecule has 0 amide bonds. The van der Waals surface area contributed by atoms with Crippen LogP contribution in [0.1, 0.15) is 16.2 Å². The fraction of sp³-hybridized carbons (Fsp3) is 0.545. The molecule has 0 fully saturated rings. The van der Waals surface area contributed by atoms with Crippen molar-refractivity contribution in [1.29, 1.82) is 0 Å². The number of rotatable bonds is 7. The van der Waals surface area contributed by atoms with E-state index in [4.69, 9.17) is 14.6 Å². The van der Waals surface area contributed by atoms with Crippen molar-refractivity contribution >= 4 is 11.9 Å². The maximum absolute atomic E-state index is 10.8. The van der Waals surface area contributed by atoms with E-state index >= 15 is 0 Å². The number of nitrogens with one attached hydrogen (secondary N) is 1. The molecule has 1 unspecified atom stereocenters. The van der Waals surface area contributed by atoms with Gasteiger partial charge in [0.05, 0.1) is 12.7 Å². The lowest BCUT2D eigenvalue weighted by atomic mass is 10.3. The first kappa shape index (κ1) is 14.3. The molecule has 1 atom stereocenters. The zero-order valence-corrected chi connectivity index (χ0v) is 10.6. The van der Waals surface area contributed by atoms with Gasteiger partial charge in [-0.05, 0) is 13.0 Å². The van der Waals surface area contributed by atoms with Crippen LogP contribution < -0.4 is 5.32 Å². The predicted molar refractivity (Wildman–Crippen MR) is 64.9 cm³/mol. The highest BCUT2D eigenvalue weighted by Gasteiger charge is 2.11. The van der Waals surface area contributed by atoms with Crippen molar-refractivity contribution in [3.63, 3.8) is 0 Å². The minimum Gasteiger partial charge on any atom is -0.477 e. The zero-order chi connectivity index (χ0) is 13.5. The Morgan fingerprint density at radius 3 is 2.78 bits per heavy atom. The van der Waals surface area contributed by atoms with Gasteiger partial charge in [0.2, 0.25) is 5.95 Å². The number of nitrogens with zero attached hydrogens (tertiary/aromatic N) is 2. The molecule has 1 aromatic heterocycles. The number of aryl methyl sites for hydroxylation is 1. The van der Waals surface area contributed by atoms with Gasteiger partial charge in [0, 0.05) is 26.5 Å². The van der Waals surface area contributed by atoms with Crippen molar-refractivity contribution in [3.05, 3.63) is 17.5 Å². The van der Waals surface area contributed by atoms with Crippen LogP contribution in [0.5, 0.6) is 0 Å². The van der Waals surface area contributed by atoms with Gasteiger partial charge in [-0.25, -0.2) is 14.8 Å². The van der Waals surface area contributed by atoms with Crippen LogP contribution in [0.15, 0.2) is 6.07 Å². The van der Waals surface area contributed by atoms with E-state index in [-0.39, 0.29) is 17.7 Å². The first-order valence-electron chi connectivity index (χ1n) is 5.41. The fourth-order valence-electron chi connectivity index (χ4n) is 1.36. The van der Waals surface area contributed by atoms with Gasteiger partial charge in [0.1, 0.15) is 0 Å². The Hall–Kier alpha value is -1.73. The van der Waals surface area contributed by atoms with Crippen LogP contribution in [0.4, 0.5) is 5.95 Å². The third kappa shape index (κ3) is 4.27. The number of carbonyl (C=O) groups is 1. The maximum Gasteiger partial charge on any atom is 0.354 e. The quantitative estimate of drug-likeness (QED) is 0.735. The Bertz CT molecular complexity index is 411. The van der Waals surface area contributed by atoms with Gasteiger partial charge >= 0.3 is 5.97 Å². The summed E-state index contributed by atoms with van der Waals surface area (Å²) in [6.45, 7) is 2.58. The lowest BCUT2D eigenvalue weighted by Crippen LogP contribution is -2.27. The number of aromatic nitrogens is 2. The standard InChI is InChI=1S/C11H17N3O4/c1-7-4-9(10(15)16)14-11(13-7)12-5-8(18-3)6-17-2/h4,8H,5-6H2,1-3H3,(H,15,16)(H,12,13,14). The van der Waals surface area contributed by atoms with Gasteiger partial charge in [0.25, 0.3) is 0 Å². The molecule has 1 heterocycles. The summed E-state index contributed by atoms with van der Waals surface area (Å²) in [5, 5.41) is 11.8. The Balaban J connectivity index is 2.69. The molecule has 7 nitrogen and oxygen atoms in total. The van der Waals surface area contributed by atoms with Gasteiger partial charge in [-0.15, -0.1) is 0 Å². The molecule has 0 bridgehead atoms. The number of ether oxygens (including phenoxy) is 2. The first-order chi connectivity index (χ1) is 8.56. The number of methoxy groups -OCH3 is 2. The van der Waals surface area contributed by atoms with Crippen LogP contribution in [0, 0.1) is 6.92 Å². The summed E-state index contributed by atoms with van der Waals surface area (Å²) >= 11 is 0. The van der Waals surface area contributed by atoms with Crippen molar-refractivity contribution in [2.75, 3.05) is 32.7 Å². The van der Waals surface area contributed by atoms with Crippen molar-refractivity contribution in [1.82, 2.24) is 9.97 Å². The van der Waals surface area contributed by atoms with Gasteiger partial charge in [0.15, 0.2) is 5.69 Å². The van der Waals surface area contributed by atoms with Crippen molar-refractivity contribution in [2.24, 2.45) is 0 Å². The average Bonchev–Trinajstić information content (AvgIpc) is 2.33. The molecule has 7 heteroatoms. The second-order valence-corrected chi connectivity index (χ2v) is 3.72. The highest BCUT2D eigenvalue weighted by molar-refractivity contribution is 5.85. The first-order valence-corrected chi connectivity index (χ1v) is 5.41. The Kier molecular flexibility index (Phi) is 5.47. The summed E-state index contributed by atoms with van der Waals surface area (Å²) in [4.78, 5) is 18.8. The van der Waals surface area contributed by atoms with E-state index in [1.54, 1.807) is 21.1 Å². The summed E-state index contributed by atoms with van der Waals surface area (Å²) in [6.07, 6.45) is -0.146. The SMILES string of the molecule is COCC(CNc1nc(C)cc(C(=O)O)n1)OC. The molecule has 0 spiro atoms.